The zero-order valence-electron chi connectivity index (χ0n) is 18.9. The van der Waals surface area contributed by atoms with Gasteiger partial charge in [0, 0.05) is 16.7 Å². The van der Waals surface area contributed by atoms with Gasteiger partial charge in [-0.3, -0.25) is 0 Å². The van der Waals surface area contributed by atoms with E-state index in [1.807, 2.05) is 0 Å². The Morgan fingerprint density at radius 3 is 1.03 bits per heavy atom. The molecule has 0 bridgehead atoms. The van der Waals surface area contributed by atoms with Crippen molar-refractivity contribution in [2.24, 2.45) is 0 Å². The summed E-state index contributed by atoms with van der Waals surface area (Å²) >= 11 is 0. The van der Waals surface area contributed by atoms with Gasteiger partial charge < -0.3 is 0 Å². The van der Waals surface area contributed by atoms with Gasteiger partial charge in [-0.05, 0) is 29.9 Å². The van der Waals surface area contributed by atoms with E-state index >= 15 is 0 Å². The number of hydrogen-bond donors (Lipinski definition) is 0. The minimum Gasteiger partial charge on any atom is -0.208 e. The third kappa shape index (κ3) is 4.72. The van der Waals surface area contributed by atoms with E-state index in [4.69, 9.17) is 15.0 Å². The van der Waals surface area contributed by atoms with Crippen LogP contribution in [0.2, 0.25) is 0 Å². The number of nitrogens with zero attached hydrogens (tertiary/aromatic N) is 3. The maximum absolute atomic E-state index is 4.84. The van der Waals surface area contributed by atoms with E-state index in [1.54, 1.807) is 0 Å². The summed E-state index contributed by atoms with van der Waals surface area (Å²) in [7, 11) is 0. The van der Waals surface area contributed by atoms with Crippen LogP contribution in [-0.4, -0.2) is 15.0 Å². The number of aromatic nitrogens is 3. The molecule has 0 unspecified atom stereocenters. The summed E-state index contributed by atoms with van der Waals surface area (Å²) < 4.78 is 0. The van der Waals surface area contributed by atoms with Crippen LogP contribution in [0.15, 0.2) is 72.8 Å². The summed E-state index contributed by atoms with van der Waals surface area (Å²) in [5.74, 6) is 3.07. The van der Waals surface area contributed by atoms with E-state index in [2.05, 4.69) is 107 Å². The van der Waals surface area contributed by atoms with Crippen molar-refractivity contribution in [1.29, 1.82) is 0 Å². The van der Waals surface area contributed by atoms with Crippen LogP contribution in [0.25, 0.3) is 34.2 Å². The van der Waals surface area contributed by atoms with Crippen molar-refractivity contribution in [3.8, 4) is 34.2 Å². The fourth-order valence-corrected chi connectivity index (χ4v) is 3.50. The molecular weight excluding hydrogens is 378 g/mol. The smallest absolute Gasteiger partial charge is 0.164 e. The fourth-order valence-electron chi connectivity index (χ4n) is 3.50. The highest BCUT2D eigenvalue weighted by atomic mass is 15.0. The molecule has 3 nitrogen and oxygen atoms in total. The molecule has 0 aliphatic carbocycles. The highest BCUT2D eigenvalue weighted by Gasteiger charge is 2.13. The monoisotopic (exact) mass is 407 g/mol. The van der Waals surface area contributed by atoms with Gasteiger partial charge in [0.1, 0.15) is 0 Å². The van der Waals surface area contributed by atoms with Gasteiger partial charge in [-0.1, -0.05) is 106 Å². The summed E-state index contributed by atoms with van der Waals surface area (Å²) in [5, 5.41) is 0. The molecule has 4 rings (SSSR count). The normalized spacial score (nSPS) is 11.3. The van der Waals surface area contributed by atoms with Gasteiger partial charge in [0.15, 0.2) is 17.5 Å². The van der Waals surface area contributed by atoms with Crippen LogP contribution in [0.1, 0.15) is 56.2 Å². The summed E-state index contributed by atoms with van der Waals surface area (Å²) in [4.78, 5) is 14.5. The highest BCUT2D eigenvalue weighted by molar-refractivity contribution is 5.66. The van der Waals surface area contributed by atoms with E-state index in [0.717, 1.165) is 16.7 Å². The standard InChI is InChI=1S/C28H29N3/c1-18(2)21-10-14-24(15-11-21)27-29-26(23-8-6-20(5)7-9-23)30-28(31-27)25-16-12-22(13-17-25)19(3)4/h6-19H,1-5H3. The van der Waals surface area contributed by atoms with Crippen LogP contribution in [0, 0.1) is 6.92 Å². The molecule has 1 aromatic heterocycles. The van der Waals surface area contributed by atoms with Crippen molar-refractivity contribution < 1.29 is 0 Å². The predicted octanol–water partition coefficient (Wildman–Crippen LogP) is 7.43. The maximum atomic E-state index is 4.84. The molecule has 31 heavy (non-hydrogen) atoms. The third-order valence-electron chi connectivity index (χ3n) is 5.62. The molecule has 0 spiro atoms. The Hall–Kier alpha value is -3.33. The van der Waals surface area contributed by atoms with Gasteiger partial charge in [0.2, 0.25) is 0 Å². The van der Waals surface area contributed by atoms with Gasteiger partial charge >= 0.3 is 0 Å². The lowest BCUT2D eigenvalue weighted by Gasteiger charge is -2.11. The van der Waals surface area contributed by atoms with E-state index in [-0.39, 0.29) is 0 Å². The van der Waals surface area contributed by atoms with Gasteiger partial charge in [0.25, 0.3) is 0 Å². The van der Waals surface area contributed by atoms with Crippen LogP contribution in [0.3, 0.4) is 0 Å². The lowest BCUT2D eigenvalue weighted by molar-refractivity contribution is 0.866. The van der Waals surface area contributed by atoms with Crippen LogP contribution in [0.4, 0.5) is 0 Å². The molecule has 0 aliphatic heterocycles. The van der Waals surface area contributed by atoms with E-state index in [1.165, 1.54) is 16.7 Å². The fraction of sp³-hybridized carbons (Fsp3) is 0.250. The first kappa shape index (κ1) is 20.9. The summed E-state index contributed by atoms with van der Waals surface area (Å²) in [6, 6.07) is 25.4. The predicted molar refractivity (Wildman–Crippen MR) is 129 cm³/mol. The molecule has 0 aliphatic rings. The maximum Gasteiger partial charge on any atom is 0.164 e. The number of benzene rings is 3. The van der Waals surface area contributed by atoms with Crippen molar-refractivity contribution in [2.75, 3.05) is 0 Å². The van der Waals surface area contributed by atoms with Gasteiger partial charge in [0.05, 0.1) is 0 Å². The van der Waals surface area contributed by atoms with Crippen molar-refractivity contribution in [2.45, 2.75) is 46.5 Å². The minimum atomic E-state index is 0.491. The molecule has 0 saturated carbocycles. The average molecular weight is 408 g/mol. The molecule has 0 amide bonds. The van der Waals surface area contributed by atoms with E-state index in [9.17, 15) is 0 Å². The van der Waals surface area contributed by atoms with E-state index < -0.39 is 0 Å². The minimum absolute atomic E-state index is 0.491. The molecule has 0 radical (unpaired) electrons. The second kappa shape index (κ2) is 8.81. The van der Waals surface area contributed by atoms with Crippen molar-refractivity contribution in [1.82, 2.24) is 15.0 Å². The second-order valence-electron chi connectivity index (χ2n) is 8.73. The lowest BCUT2D eigenvalue weighted by atomic mass is 10.0. The first-order valence-corrected chi connectivity index (χ1v) is 10.9. The Bertz CT molecular complexity index is 1090. The van der Waals surface area contributed by atoms with Crippen LogP contribution in [-0.2, 0) is 0 Å². The topological polar surface area (TPSA) is 38.7 Å². The molecule has 4 aromatic rings. The number of aryl methyl sites for hydroxylation is 1. The van der Waals surface area contributed by atoms with Crippen molar-refractivity contribution >= 4 is 0 Å². The SMILES string of the molecule is Cc1ccc(-c2nc(-c3ccc(C(C)C)cc3)nc(-c3ccc(C(C)C)cc3)n2)cc1. The average Bonchev–Trinajstić information content (AvgIpc) is 2.79. The highest BCUT2D eigenvalue weighted by Crippen LogP contribution is 2.27. The largest absolute Gasteiger partial charge is 0.208 e. The Balaban J connectivity index is 1.83. The van der Waals surface area contributed by atoms with Crippen molar-refractivity contribution in [3.05, 3.63) is 89.5 Å². The molecule has 0 saturated heterocycles. The summed E-state index contributed by atoms with van der Waals surface area (Å²) in [6.07, 6.45) is 0. The van der Waals surface area contributed by atoms with Gasteiger partial charge in [-0.2, -0.15) is 0 Å². The summed E-state index contributed by atoms with van der Waals surface area (Å²) in [5.41, 5.74) is 6.82. The first-order chi connectivity index (χ1) is 14.9. The molecular formula is C28H29N3. The second-order valence-corrected chi connectivity index (χ2v) is 8.73. The zero-order valence-corrected chi connectivity index (χ0v) is 18.9. The molecule has 3 heteroatoms. The van der Waals surface area contributed by atoms with Gasteiger partial charge in [-0.25, -0.2) is 15.0 Å². The number of rotatable bonds is 5. The third-order valence-corrected chi connectivity index (χ3v) is 5.62. The van der Waals surface area contributed by atoms with Gasteiger partial charge in [-0.15, -0.1) is 0 Å². The number of hydrogen-bond acceptors (Lipinski definition) is 3. The van der Waals surface area contributed by atoms with Crippen molar-refractivity contribution in [3.63, 3.8) is 0 Å². The first-order valence-electron chi connectivity index (χ1n) is 10.9. The molecule has 0 fully saturated rings. The molecule has 0 atom stereocenters. The lowest BCUT2D eigenvalue weighted by Crippen LogP contribution is -2.00. The molecule has 0 N–H and O–H groups in total. The summed E-state index contributed by atoms with van der Waals surface area (Å²) in [6.45, 7) is 10.9. The molecule has 3 aromatic carbocycles. The molecule has 1 heterocycles. The Morgan fingerprint density at radius 1 is 0.452 bits per heavy atom. The quantitative estimate of drug-likeness (QED) is 0.345. The van der Waals surface area contributed by atoms with E-state index in [0.29, 0.717) is 29.3 Å². The van der Waals surface area contributed by atoms with Crippen LogP contribution < -0.4 is 0 Å². The Morgan fingerprint density at radius 2 is 0.742 bits per heavy atom. The van der Waals surface area contributed by atoms with Crippen LogP contribution in [0.5, 0.6) is 0 Å². The Kier molecular flexibility index (Phi) is 5.94. The van der Waals surface area contributed by atoms with Crippen LogP contribution >= 0.6 is 0 Å². The Labute approximate surface area is 185 Å². The molecule has 156 valence electrons. The zero-order chi connectivity index (χ0) is 22.0.